The first-order valence-corrected chi connectivity index (χ1v) is 9.41. The standard InChI is InChI=1S/C22H24N2O6/c1-5-29-17-8-6-7-13-9-14(12-30-20(13)17)21(25)24-16-11-19(28-4)18(27-3)10-15(16)22(26)23-2/h6-11H,5,12H2,1-4H3,(H,23,26)(H,24,25). The summed E-state index contributed by atoms with van der Waals surface area (Å²) in [6, 6.07) is 8.56. The third-order valence-corrected chi connectivity index (χ3v) is 4.55. The molecule has 0 aromatic heterocycles. The molecule has 1 aliphatic rings. The van der Waals surface area contributed by atoms with Crippen molar-refractivity contribution in [3.63, 3.8) is 0 Å². The molecule has 3 rings (SSSR count). The first kappa shape index (κ1) is 21.0. The van der Waals surface area contributed by atoms with E-state index in [4.69, 9.17) is 18.9 Å². The molecule has 0 saturated heterocycles. The Bertz CT molecular complexity index is 999. The van der Waals surface area contributed by atoms with Gasteiger partial charge in [0, 0.05) is 18.7 Å². The van der Waals surface area contributed by atoms with Crippen LogP contribution in [-0.2, 0) is 4.79 Å². The molecule has 0 aliphatic carbocycles. The Morgan fingerprint density at radius 1 is 1.07 bits per heavy atom. The molecule has 8 heteroatoms. The Kier molecular flexibility index (Phi) is 6.46. The fourth-order valence-electron chi connectivity index (χ4n) is 3.09. The summed E-state index contributed by atoms with van der Waals surface area (Å²) in [7, 11) is 4.46. The highest BCUT2D eigenvalue weighted by Crippen LogP contribution is 2.37. The minimum atomic E-state index is -0.389. The average Bonchev–Trinajstić information content (AvgIpc) is 2.78. The molecule has 2 N–H and O–H groups in total. The molecule has 2 amide bonds. The lowest BCUT2D eigenvalue weighted by Crippen LogP contribution is -2.25. The molecular formula is C22H24N2O6. The number of para-hydroxylation sites is 1. The monoisotopic (exact) mass is 412 g/mol. The van der Waals surface area contributed by atoms with Gasteiger partial charge in [-0.3, -0.25) is 9.59 Å². The zero-order chi connectivity index (χ0) is 21.7. The summed E-state index contributed by atoms with van der Waals surface area (Å²) in [6.45, 7) is 2.48. The highest BCUT2D eigenvalue weighted by atomic mass is 16.5. The van der Waals surface area contributed by atoms with Gasteiger partial charge >= 0.3 is 0 Å². The lowest BCUT2D eigenvalue weighted by Gasteiger charge is -2.21. The van der Waals surface area contributed by atoms with Crippen molar-refractivity contribution in [2.75, 3.05) is 39.8 Å². The molecule has 8 nitrogen and oxygen atoms in total. The van der Waals surface area contributed by atoms with Crippen molar-refractivity contribution in [1.29, 1.82) is 0 Å². The van der Waals surface area contributed by atoms with Gasteiger partial charge in [-0.15, -0.1) is 0 Å². The summed E-state index contributed by atoms with van der Waals surface area (Å²) < 4.78 is 21.9. The largest absolute Gasteiger partial charge is 0.493 e. The normalized spacial score (nSPS) is 12.1. The lowest BCUT2D eigenvalue weighted by atomic mass is 10.1. The van der Waals surface area contributed by atoms with Gasteiger partial charge in [-0.2, -0.15) is 0 Å². The number of rotatable bonds is 7. The smallest absolute Gasteiger partial charge is 0.255 e. The number of amides is 2. The fourth-order valence-corrected chi connectivity index (χ4v) is 3.09. The van der Waals surface area contributed by atoms with E-state index < -0.39 is 0 Å². The number of carbonyl (C=O) groups excluding carboxylic acids is 2. The number of hydrogen-bond donors (Lipinski definition) is 2. The van der Waals surface area contributed by atoms with E-state index in [-0.39, 0.29) is 24.0 Å². The number of fused-ring (bicyclic) bond motifs is 1. The molecule has 158 valence electrons. The zero-order valence-corrected chi connectivity index (χ0v) is 17.3. The highest BCUT2D eigenvalue weighted by Gasteiger charge is 2.23. The van der Waals surface area contributed by atoms with Gasteiger partial charge < -0.3 is 29.6 Å². The molecule has 0 atom stereocenters. The van der Waals surface area contributed by atoms with Crippen LogP contribution in [0.1, 0.15) is 22.8 Å². The van der Waals surface area contributed by atoms with Gasteiger partial charge in [-0.05, 0) is 25.1 Å². The van der Waals surface area contributed by atoms with Crippen LogP contribution in [0.5, 0.6) is 23.0 Å². The van der Waals surface area contributed by atoms with Crippen molar-refractivity contribution in [3.05, 3.63) is 47.0 Å². The third kappa shape index (κ3) is 4.17. The van der Waals surface area contributed by atoms with Gasteiger partial charge in [-0.1, -0.05) is 12.1 Å². The summed E-state index contributed by atoms with van der Waals surface area (Å²) in [5.41, 5.74) is 1.71. The SMILES string of the molecule is CCOc1cccc2c1OCC(C(=O)Nc1cc(OC)c(OC)cc1C(=O)NC)=C2. The molecule has 0 spiro atoms. The molecule has 2 aromatic rings. The summed E-state index contributed by atoms with van der Waals surface area (Å²) in [5.74, 6) is 1.25. The van der Waals surface area contributed by atoms with Crippen molar-refractivity contribution < 1.29 is 28.5 Å². The molecule has 0 bridgehead atoms. The second kappa shape index (κ2) is 9.21. The average molecular weight is 412 g/mol. The minimum absolute atomic E-state index is 0.0749. The Labute approximate surface area is 174 Å². The number of ether oxygens (including phenoxy) is 4. The molecule has 1 aliphatic heterocycles. The van der Waals surface area contributed by atoms with Gasteiger partial charge in [0.25, 0.3) is 11.8 Å². The molecule has 0 unspecified atom stereocenters. The van der Waals surface area contributed by atoms with Crippen LogP contribution in [0.3, 0.4) is 0 Å². The van der Waals surface area contributed by atoms with Crippen LogP contribution in [0.4, 0.5) is 5.69 Å². The van der Waals surface area contributed by atoms with Crippen LogP contribution < -0.4 is 29.6 Å². The van der Waals surface area contributed by atoms with Gasteiger partial charge in [0.05, 0.1) is 37.7 Å². The van der Waals surface area contributed by atoms with Crippen LogP contribution in [0, 0.1) is 0 Å². The number of carbonyl (C=O) groups is 2. The molecule has 1 heterocycles. The van der Waals surface area contributed by atoms with Gasteiger partial charge in [-0.25, -0.2) is 0 Å². The van der Waals surface area contributed by atoms with Crippen molar-refractivity contribution in [2.24, 2.45) is 0 Å². The second-order valence-corrected chi connectivity index (χ2v) is 6.35. The van der Waals surface area contributed by atoms with E-state index in [1.165, 1.54) is 27.3 Å². The third-order valence-electron chi connectivity index (χ3n) is 4.55. The van der Waals surface area contributed by atoms with Gasteiger partial charge in [0.2, 0.25) is 0 Å². The van der Waals surface area contributed by atoms with Crippen LogP contribution in [0.25, 0.3) is 6.08 Å². The van der Waals surface area contributed by atoms with E-state index in [0.717, 1.165) is 5.56 Å². The van der Waals surface area contributed by atoms with E-state index >= 15 is 0 Å². The second-order valence-electron chi connectivity index (χ2n) is 6.35. The van der Waals surface area contributed by atoms with Crippen LogP contribution >= 0.6 is 0 Å². The summed E-state index contributed by atoms with van der Waals surface area (Å²) in [5, 5.41) is 5.33. The maximum atomic E-state index is 12.9. The molecule has 0 saturated carbocycles. The summed E-state index contributed by atoms with van der Waals surface area (Å²) in [4.78, 5) is 25.2. The van der Waals surface area contributed by atoms with Gasteiger partial charge in [0.1, 0.15) is 6.61 Å². The van der Waals surface area contributed by atoms with Crippen molar-refractivity contribution in [2.45, 2.75) is 6.92 Å². The number of benzene rings is 2. The first-order chi connectivity index (χ1) is 14.5. The number of hydrogen-bond acceptors (Lipinski definition) is 6. The maximum Gasteiger partial charge on any atom is 0.255 e. The van der Waals surface area contributed by atoms with Gasteiger partial charge in [0.15, 0.2) is 23.0 Å². The Balaban J connectivity index is 1.92. The topological polar surface area (TPSA) is 95.1 Å². The van der Waals surface area contributed by atoms with E-state index in [1.807, 2.05) is 25.1 Å². The number of methoxy groups -OCH3 is 2. The summed E-state index contributed by atoms with van der Waals surface area (Å²) >= 11 is 0. The fraction of sp³-hybridized carbons (Fsp3) is 0.273. The predicted octanol–water partition coefficient (Wildman–Crippen LogP) is 2.88. The molecule has 2 aromatic carbocycles. The van der Waals surface area contributed by atoms with Crippen LogP contribution in [0.2, 0.25) is 0 Å². The van der Waals surface area contributed by atoms with Crippen LogP contribution in [-0.4, -0.2) is 46.3 Å². The molecular weight excluding hydrogens is 388 g/mol. The van der Waals surface area contributed by atoms with E-state index in [2.05, 4.69) is 10.6 Å². The summed E-state index contributed by atoms with van der Waals surface area (Å²) in [6.07, 6.45) is 1.75. The van der Waals surface area contributed by atoms with Crippen molar-refractivity contribution in [3.8, 4) is 23.0 Å². The predicted molar refractivity (Wildman–Crippen MR) is 113 cm³/mol. The Morgan fingerprint density at radius 2 is 1.80 bits per heavy atom. The van der Waals surface area contributed by atoms with Crippen molar-refractivity contribution in [1.82, 2.24) is 5.32 Å². The van der Waals surface area contributed by atoms with E-state index in [1.54, 1.807) is 12.1 Å². The van der Waals surface area contributed by atoms with E-state index in [0.29, 0.717) is 40.9 Å². The maximum absolute atomic E-state index is 12.9. The van der Waals surface area contributed by atoms with E-state index in [9.17, 15) is 9.59 Å². The molecule has 0 radical (unpaired) electrons. The number of nitrogens with one attached hydrogen (secondary N) is 2. The van der Waals surface area contributed by atoms with Crippen molar-refractivity contribution >= 4 is 23.6 Å². The Morgan fingerprint density at radius 3 is 2.47 bits per heavy atom. The number of anilines is 1. The minimum Gasteiger partial charge on any atom is -0.493 e. The Hall–Kier alpha value is -3.68. The first-order valence-electron chi connectivity index (χ1n) is 9.41. The van der Waals surface area contributed by atoms with Crippen LogP contribution in [0.15, 0.2) is 35.9 Å². The quantitative estimate of drug-likeness (QED) is 0.726. The molecule has 30 heavy (non-hydrogen) atoms. The zero-order valence-electron chi connectivity index (χ0n) is 17.3. The highest BCUT2D eigenvalue weighted by molar-refractivity contribution is 6.11. The lowest BCUT2D eigenvalue weighted by molar-refractivity contribution is -0.113. The molecule has 0 fully saturated rings.